The standard InChI is InChI=1S/C14H16N2O3/c1-9(13-12(14(15)17)16-8-19-13)7-10-3-5-11(18-2)6-4-10/h3-6,8-9H,7H2,1-2H3,(H2,15,17)/t9-/m0/s1. The third kappa shape index (κ3) is 2.93. The van der Waals surface area contributed by atoms with Crippen molar-refractivity contribution in [2.45, 2.75) is 19.3 Å². The van der Waals surface area contributed by atoms with Crippen LogP contribution in [-0.2, 0) is 6.42 Å². The molecule has 100 valence electrons. The number of primary amides is 1. The van der Waals surface area contributed by atoms with Crippen molar-refractivity contribution < 1.29 is 13.9 Å². The summed E-state index contributed by atoms with van der Waals surface area (Å²) in [7, 11) is 1.63. The van der Waals surface area contributed by atoms with Crippen molar-refractivity contribution in [3.8, 4) is 5.75 Å². The number of carbonyl (C=O) groups is 1. The lowest BCUT2D eigenvalue weighted by Gasteiger charge is -2.10. The van der Waals surface area contributed by atoms with E-state index in [4.69, 9.17) is 14.9 Å². The second-order valence-electron chi connectivity index (χ2n) is 4.38. The summed E-state index contributed by atoms with van der Waals surface area (Å²) in [5.41, 5.74) is 6.58. The second-order valence-corrected chi connectivity index (χ2v) is 4.38. The van der Waals surface area contributed by atoms with Gasteiger partial charge >= 0.3 is 0 Å². The molecule has 1 aromatic carbocycles. The van der Waals surface area contributed by atoms with Crippen LogP contribution >= 0.6 is 0 Å². The minimum Gasteiger partial charge on any atom is -0.497 e. The molecule has 0 fully saturated rings. The molecule has 19 heavy (non-hydrogen) atoms. The van der Waals surface area contributed by atoms with Gasteiger partial charge in [-0.3, -0.25) is 4.79 Å². The average Bonchev–Trinajstić information content (AvgIpc) is 2.89. The summed E-state index contributed by atoms with van der Waals surface area (Å²) < 4.78 is 10.4. The molecule has 5 nitrogen and oxygen atoms in total. The van der Waals surface area contributed by atoms with E-state index in [2.05, 4.69) is 4.98 Å². The first kappa shape index (κ1) is 13.1. The van der Waals surface area contributed by atoms with Gasteiger partial charge in [-0.2, -0.15) is 0 Å². The van der Waals surface area contributed by atoms with E-state index in [1.807, 2.05) is 31.2 Å². The molecule has 0 radical (unpaired) electrons. The Bertz CT molecular complexity index is 560. The molecule has 5 heteroatoms. The lowest BCUT2D eigenvalue weighted by Crippen LogP contribution is -2.15. The topological polar surface area (TPSA) is 78.3 Å². The van der Waals surface area contributed by atoms with Crippen molar-refractivity contribution in [3.05, 3.63) is 47.7 Å². The summed E-state index contributed by atoms with van der Waals surface area (Å²) in [5, 5.41) is 0. The van der Waals surface area contributed by atoms with Gasteiger partial charge in [-0.25, -0.2) is 4.98 Å². The molecule has 1 amide bonds. The SMILES string of the molecule is COc1ccc(C[C@H](C)c2ocnc2C(N)=O)cc1. The Kier molecular flexibility index (Phi) is 3.85. The summed E-state index contributed by atoms with van der Waals surface area (Å²) in [6.45, 7) is 1.97. The predicted octanol–water partition coefficient (Wildman–Crippen LogP) is 2.13. The molecule has 0 bridgehead atoms. The minimum atomic E-state index is -0.565. The van der Waals surface area contributed by atoms with Gasteiger partial charge < -0.3 is 14.9 Å². The van der Waals surface area contributed by atoms with Gasteiger partial charge in [0.15, 0.2) is 12.1 Å². The largest absolute Gasteiger partial charge is 0.497 e. The first-order chi connectivity index (χ1) is 9.11. The highest BCUT2D eigenvalue weighted by atomic mass is 16.5. The van der Waals surface area contributed by atoms with Crippen LogP contribution in [0.4, 0.5) is 0 Å². The van der Waals surface area contributed by atoms with E-state index in [9.17, 15) is 4.79 Å². The Morgan fingerprint density at radius 3 is 2.68 bits per heavy atom. The molecular formula is C14H16N2O3. The Labute approximate surface area is 111 Å². The van der Waals surface area contributed by atoms with Gasteiger partial charge in [0.05, 0.1) is 7.11 Å². The molecule has 0 saturated heterocycles. The van der Waals surface area contributed by atoms with E-state index in [1.165, 1.54) is 6.39 Å². The zero-order valence-electron chi connectivity index (χ0n) is 10.9. The van der Waals surface area contributed by atoms with Gasteiger partial charge in [-0.1, -0.05) is 19.1 Å². The second kappa shape index (κ2) is 5.56. The van der Waals surface area contributed by atoms with Gasteiger partial charge in [0.1, 0.15) is 11.5 Å². The van der Waals surface area contributed by atoms with E-state index >= 15 is 0 Å². The maximum atomic E-state index is 11.2. The molecule has 1 atom stereocenters. The summed E-state index contributed by atoms with van der Waals surface area (Å²) in [6, 6.07) is 7.76. The molecule has 0 aliphatic rings. The van der Waals surface area contributed by atoms with Gasteiger partial charge in [0, 0.05) is 5.92 Å². The van der Waals surface area contributed by atoms with Crippen molar-refractivity contribution in [1.82, 2.24) is 4.98 Å². The van der Waals surface area contributed by atoms with Gasteiger partial charge in [0.25, 0.3) is 5.91 Å². The van der Waals surface area contributed by atoms with Crippen LogP contribution in [0.25, 0.3) is 0 Å². The van der Waals surface area contributed by atoms with Crippen molar-refractivity contribution in [2.24, 2.45) is 5.73 Å². The summed E-state index contributed by atoms with van der Waals surface area (Å²) in [4.78, 5) is 15.1. The van der Waals surface area contributed by atoms with Crippen molar-refractivity contribution in [2.75, 3.05) is 7.11 Å². The number of oxazole rings is 1. The number of carbonyl (C=O) groups excluding carboxylic acids is 1. The van der Waals surface area contributed by atoms with E-state index in [0.717, 1.165) is 17.7 Å². The van der Waals surface area contributed by atoms with Crippen LogP contribution in [0.15, 0.2) is 35.1 Å². The normalized spacial score (nSPS) is 12.1. The molecule has 2 aromatic rings. The minimum absolute atomic E-state index is 0.0263. The van der Waals surface area contributed by atoms with Crippen molar-refractivity contribution >= 4 is 5.91 Å². The highest BCUT2D eigenvalue weighted by Gasteiger charge is 2.19. The number of methoxy groups -OCH3 is 1. The molecule has 0 unspecified atom stereocenters. The van der Waals surface area contributed by atoms with E-state index < -0.39 is 5.91 Å². The number of hydrogen-bond donors (Lipinski definition) is 1. The molecule has 0 saturated carbocycles. The Morgan fingerprint density at radius 1 is 1.42 bits per heavy atom. The third-order valence-electron chi connectivity index (χ3n) is 2.98. The molecule has 0 aliphatic heterocycles. The zero-order valence-corrected chi connectivity index (χ0v) is 10.9. The number of nitrogens with zero attached hydrogens (tertiary/aromatic N) is 1. The van der Waals surface area contributed by atoms with Crippen LogP contribution in [0.5, 0.6) is 5.75 Å². The molecular weight excluding hydrogens is 244 g/mol. The van der Waals surface area contributed by atoms with Crippen LogP contribution in [-0.4, -0.2) is 18.0 Å². The maximum Gasteiger partial charge on any atom is 0.270 e. The van der Waals surface area contributed by atoms with Crippen LogP contribution in [0, 0.1) is 0 Å². The smallest absolute Gasteiger partial charge is 0.270 e. The summed E-state index contributed by atoms with van der Waals surface area (Å²) in [6.07, 6.45) is 1.99. The Hall–Kier alpha value is -2.30. The van der Waals surface area contributed by atoms with E-state index in [-0.39, 0.29) is 11.6 Å². The number of benzene rings is 1. The monoisotopic (exact) mass is 260 g/mol. The fourth-order valence-corrected chi connectivity index (χ4v) is 2.00. The number of amides is 1. The number of ether oxygens (including phenoxy) is 1. The average molecular weight is 260 g/mol. The van der Waals surface area contributed by atoms with Crippen LogP contribution in [0.2, 0.25) is 0 Å². The first-order valence-electron chi connectivity index (χ1n) is 5.98. The summed E-state index contributed by atoms with van der Waals surface area (Å²) in [5.74, 6) is 0.806. The predicted molar refractivity (Wildman–Crippen MR) is 70.1 cm³/mol. The highest BCUT2D eigenvalue weighted by Crippen LogP contribution is 2.24. The van der Waals surface area contributed by atoms with Crippen LogP contribution < -0.4 is 10.5 Å². The number of aromatic nitrogens is 1. The number of rotatable bonds is 5. The molecule has 1 aromatic heterocycles. The van der Waals surface area contributed by atoms with E-state index in [0.29, 0.717) is 5.76 Å². The van der Waals surface area contributed by atoms with Crippen molar-refractivity contribution in [1.29, 1.82) is 0 Å². The Balaban J connectivity index is 2.13. The highest BCUT2D eigenvalue weighted by molar-refractivity contribution is 5.91. The first-order valence-corrected chi connectivity index (χ1v) is 5.98. The van der Waals surface area contributed by atoms with Crippen LogP contribution in [0.1, 0.15) is 34.7 Å². The molecule has 2 rings (SSSR count). The Morgan fingerprint density at radius 2 is 2.11 bits per heavy atom. The molecule has 0 aliphatic carbocycles. The molecule has 0 spiro atoms. The third-order valence-corrected chi connectivity index (χ3v) is 2.98. The number of hydrogen-bond acceptors (Lipinski definition) is 4. The fourth-order valence-electron chi connectivity index (χ4n) is 2.00. The van der Waals surface area contributed by atoms with E-state index in [1.54, 1.807) is 7.11 Å². The number of nitrogens with two attached hydrogens (primary N) is 1. The lowest BCUT2D eigenvalue weighted by molar-refractivity contribution is 0.0993. The van der Waals surface area contributed by atoms with Gasteiger partial charge in [-0.05, 0) is 24.1 Å². The maximum absolute atomic E-state index is 11.2. The van der Waals surface area contributed by atoms with Crippen molar-refractivity contribution in [3.63, 3.8) is 0 Å². The fraction of sp³-hybridized carbons (Fsp3) is 0.286. The van der Waals surface area contributed by atoms with Crippen LogP contribution in [0.3, 0.4) is 0 Å². The lowest BCUT2D eigenvalue weighted by atomic mass is 9.97. The van der Waals surface area contributed by atoms with Gasteiger partial charge in [-0.15, -0.1) is 0 Å². The molecule has 2 N–H and O–H groups in total. The quantitative estimate of drug-likeness (QED) is 0.893. The summed E-state index contributed by atoms with van der Waals surface area (Å²) >= 11 is 0. The molecule has 1 heterocycles. The zero-order chi connectivity index (χ0) is 13.8. The van der Waals surface area contributed by atoms with Gasteiger partial charge in [0.2, 0.25) is 0 Å².